The minimum atomic E-state index is -0.495. The molecule has 0 aliphatic heterocycles. The van der Waals surface area contributed by atoms with E-state index < -0.39 is 5.91 Å². The maximum Gasteiger partial charge on any atom is 0.248 e. The fourth-order valence-electron chi connectivity index (χ4n) is 2.40. The number of nitrogens with two attached hydrogens (primary N) is 1. The fraction of sp³-hybridized carbons (Fsp3) is 0.150. The summed E-state index contributed by atoms with van der Waals surface area (Å²) in [5.41, 5.74) is 8.22. The summed E-state index contributed by atoms with van der Waals surface area (Å²) >= 11 is 3.07. The minimum absolute atomic E-state index is 0.109. The molecule has 1 heterocycles. The van der Waals surface area contributed by atoms with Crippen molar-refractivity contribution in [2.45, 2.75) is 5.75 Å². The standard InChI is InChI=1S/C20H19N3O3S2/c1-26-17-8-4-14(5-9-17)20-23-16(11-28-20)10-27-12-18(24)22-15-6-2-13(3-7-15)19(21)25/h2-9,11H,10,12H2,1H3,(H2,21,25)(H,22,24). The van der Waals surface area contributed by atoms with E-state index in [1.807, 2.05) is 29.6 Å². The van der Waals surface area contributed by atoms with E-state index in [0.29, 0.717) is 22.8 Å². The van der Waals surface area contributed by atoms with Crippen LogP contribution in [0.1, 0.15) is 16.1 Å². The van der Waals surface area contributed by atoms with E-state index in [-0.39, 0.29) is 5.91 Å². The highest BCUT2D eigenvalue weighted by molar-refractivity contribution is 7.99. The third-order valence-corrected chi connectivity index (χ3v) is 5.73. The highest BCUT2D eigenvalue weighted by Gasteiger charge is 2.08. The summed E-state index contributed by atoms with van der Waals surface area (Å²) < 4.78 is 5.17. The van der Waals surface area contributed by atoms with Crippen molar-refractivity contribution in [2.24, 2.45) is 5.73 Å². The number of thioether (sulfide) groups is 1. The zero-order chi connectivity index (χ0) is 19.9. The third-order valence-electron chi connectivity index (χ3n) is 3.82. The SMILES string of the molecule is COc1ccc(-c2nc(CSCC(=O)Nc3ccc(C(N)=O)cc3)cs2)cc1. The number of anilines is 1. The van der Waals surface area contributed by atoms with Gasteiger partial charge in [-0.05, 0) is 48.5 Å². The molecule has 3 N–H and O–H groups in total. The molecule has 28 heavy (non-hydrogen) atoms. The van der Waals surface area contributed by atoms with Crippen molar-refractivity contribution in [1.29, 1.82) is 0 Å². The number of hydrogen-bond donors (Lipinski definition) is 2. The van der Waals surface area contributed by atoms with Crippen molar-refractivity contribution in [3.63, 3.8) is 0 Å². The van der Waals surface area contributed by atoms with Crippen LogP contribution < -0.4 is 15.8 Å². The van der Waals surface area contributed by atoms with Gasteiger partial charge in [-0.15, -0.1) is 23.1 Å². The molecular formula is C20H19N3O3S2. The van der Waals surface area contributed by atoms with Crippen LogP contribution in [0.3, 0.4) is 0 Å². The lowest BCUT2D eigenvalue weighted by Crippen LogP contribution is -2.15. The topological polar surface area (TPSA) is 94.3 Å². The van der Waals surface area contributed by atoms with Gasteiger partial charge >= 0.3 is 0 Å². The second kappa shape index (κ2) is 9.38. The molecule has 0 aliphatic rings. The first-order valence-corrected chi connectivity index (χ1v) is 10.4. The predicted octanol–water partition coefficient (Wildman–Crippen LogP) is 3.79. The Balaban J connectivity index is 1.47. The summed E-state index contributed by atoms with van der Waals surface area (Å²) in [5.74, 6) is 1.17. The van der Waals surface area contributed by atoms with Crippen LogP contribution in [-0.4, -0.2) is 29.7 Å². The third kappa shape index (κ3) is 5.34. The van der Waals surface area contributed by atoms with Crippen molar-refractivity contribution in [3.8, 4) is 16.3 Å². The van der Waals surface area contributed by atoms with Gasteiger partial charge in [-0.3, -0.25) is 9.59 Å². The quantitative estimate of drug-likeness (QED) is 0.586. The van der Waals surface area contributed by atoms with E-state index in [0.717, 1.165) is 22.0 Å². The zero-order valence-electron chi connectivity index (χ0n) is 15.2. The number of ether oxygens (including phenoxy) is 1. The van der Waals surface area contributed by atoms with E-state index in [1.165, 1.54) is 11.8 Å². The largest absolute Gasteiger partial charge is 0.497 e. The molecule has 0 unspecified atom stereocenters. The van der Waals surface area contributed by atoms with Gasteiger partial charge in [0.25, 0.3) is 0 Å². The molecule has 3 rings (SSSR count). The van der Waals surface area contributed by atoms with Crippen molar-refractivity contribution < 1.29 is 14.3 Å². The molecule has 0 saturated heterocycles. The number of nitrogens with zero attached hydrogens (tertiary/aromatic N) is 1. The van der Waals surface area contributed by atoms with E-state index in [1.54, 1.807) is 42.7 Å². The number of primary amides is 1. The molecular weight excluding hydrogens is 394 g/mol. The van der Waals surface area contributed by atoms with E-state index in [4.69, 9.17) is 10.5 Å². The summed E-state index contributed by atoms with van der Waals surface area (Å²) in [6.07, 6.45) is 0. The predicted molar refractivity (Wildman–Crippen MR) is 114 cm³/mol. The number of rotatable bonds is 8. The van der Waals surface area contributed by atoms with Gasteiger partial charge in [0.2, 0.25) is 11.8 Å². The molecule has 3 aromatic rings. The molecule has 2 aromatic carbocycles. The summed E-state index contributed by atoms with van der Waals surface area (Å²) in [6, 6.07) is 14.3. The van der Waals surface area contributed by atoms with E-state index in [9.17, 15) is 9.59 Å². The number of amides is 2. The van der Waals surface area contributed by atoms with Gasteiger partial charge in [0.05, 0.1) is 18.6 Å². The van der Waals surface area contributed by atoms with Crippen LogP contribution in [0.4, 0.5) is 5.69 Å². The number of hydrogen-bond acceptors (Lipinski definition) is 6. The molecule has 2 amide bonds. The molecule has 0 fully saturated rings. The van der Waals surface area contributed by atoms with Crippen molar-refractivity contribution in [1.82, 2.24) is 4.98 Å². The minimum Gasteiger partial charge on any atom is -0.497 e. The second-order valence-corrected chi connectivity index (χ2v) is 7.70. The normalized spacial score (nSPS) is 10.5. The van der Waals surface area contributed by atoms with Crippen molar-refractivity contribution in [3.05, 3.63) is 65.2 Å². The number of aromatic nitrogens is 1. The molecule has 0 atom stereocenters. The fourth-order valence-corrected chi connectivity index (χ4v) is 4.05. The molecule has 0 spiro atoms. The summed E-state index contributed by atoms with van der Waals surface area (Å²) in [6.45, 7) is 0. The van der Waals surface area contributed by atoms with Crippen LogP contribution in [0.25, 0.3) is 10.6 Å². The first kappa shape index (κ1) is 19.9. The summed E-state index contributed by atoms with van der Waals surface area (Å²) in [7, 11) is 1.64. The average molecular weight is 414 g/mol. The lowest BCUT2D eigenvalue weighted by molar-refractivity contribution is -0.113. The number of carbonyl (C=O) groups excluding carboxylic acids is 2. The number of nitrogens with one attached hydrogen (secondary N) is 1. The second-order valence-electron chi connectivity index (χ2n) is 5.86. The Morgan fingerprint density at radius 2 is 1.86 bits per heavy atom. The Bertz CT molecular complexity index is 954. The molecule has 6 nitrogen and oxygen atoms in total. The molecule has 1 aromatic heterocycles. The van der Waals surface area contributed by atoms with Crippen LogP contribution in [0.15, 0.2) is 53.9 Å². The summed E-state index contributed by atoms with van der Waals surface area (Å²) in [4.78, 5) is 27.7. The summed E-state index contributed by atoms with van der Waals surface area (Å²) in [5, 5.41) is 5.74. The maximum atomic E-state index is 12.1. The molecule has 0 radical (unpaired) electrons. The van der Waals surface area contributed by atoms with Gasteiger partial charge in [0.15, 0.2) is 0 Å². The van der Waals surface area contributed by atoms with Gasteiger partial charge in [-0.2, -0.15) is 0 Å². The van der Waals surface area contributed by atoms with Crippen LogP contribution in [0.5, 0.6) is 5.75 Å². The average Bonchev–Trinajstić information content (AvgIpc) is 3.17. The van der Waals surface area contributed by atoms with Crippen LogP contribution in [0, 0.1) is 0 Å². The number of thiazole rings is 1. The van der Waals surface area contributed by atoms with E-state index >= 15 is 0 Å². The van der Waals surface area contributed by atoms with Gasteiger partial charge < -0.3 is 15.8 Å². The molecule has 0 bridgehead atoms. The van der Waals surface area contributed by atoms with Crippen molar-refractivity contribution >= 4 is 40.6 Å². The smallest absolute Gasteiger partial charge is 0.248 e. The Labute approximate surface area is 171 Å². The van der Waals surface area contributed by atoms with E-state index in [2.05, 4.69) is 10.3 Å². The lowest BCUT2D eigenvalue weighted by atomic mass is 10.2. The Hall–Kier alpha value is -2.84. The highest BCUT2D eigenvalue weighted by atomic mass is 32.2. The highest BCUT2D eigenvalue weighted by Crippen LogP contribution is 2.27. The van der Waals surface area contributed by atoms with Crippen LogP contribution in [0.2, 0.25) is 0 Å². The van der Waals surface area contributed by atoms with Crippen LogP contribution in [-0.2, 0) is 10.5 Å². The first-order valence-electron chi connectivity index (χ1n) is 8.41. The van der Waals surface area contributed by atoms with Gasteiger partial charge in [0, 0.05) is 27.9 Å². The van der Waals surface area contributed by atoms with Crippen LogP contribution >= 0.6 is 23.1 Å². The van der Waals surface area contributed by atoms with Gasteiger partial charge in [-0.25, -0.2) is 4.98 Å². The van der Waals surface area contributed by atoms with Crippen molar-refractivity contribution in [2.75, 3.05) is 18.2 Å². The Morgan fingerprint density at radius 1 is 1.14 bits per heavy atom. The van der Waals surface area contributed by atoms with Gasteiger partial charge in [-0.1, -0.05) is 0 Å². The molecule has 0 saturated carbocycles. The zero-order valence-corrected chi connectivity index (χ0v) is 16.8. The number of benzene rings is 2. The van der Waals surface area contributed by atoms with Gasteiger partial charge in [0.1, 0.15) is 10.8 Å². The monoisotopic (exact) mass is 413 g/mol. The number of methoxy groups -OCH3 is 1. The Kier molecular flexibility index (Phi) is 6.67. The first-order chi connectivity index (χ1) is 13.5. The molecule has 144 valence electrons. The Morgan fingerprint density at radius 3 is 2.50 bits per heavy atom. The maximum absolute atomic E-state index is 12.1. The lowest BCUT2D eigenvalue weighted by Gasteiger charge is -2.05. The number of carbonyl (C=O) groups is 2. The molecule has 0 aliphatic carbocycles. The molecule has 8 heteroatoms.